The first-order valence-electron chi connectivity index (χ1n) is 8.78. The number of phosphoric ester groups is 1. The first-order valence-corrected chi connectivity index (χ1v) is 11.0. The molecule has 0 amide bonds. The third-order valence-corrected chi connectivity index (χ3v) is 4.10. The van der Waals surface area contributed by atoms with Gasteiger partial charge < -0.3 is 18.8 Å². The van der Waals surface area contributed by atoms with Gasteiger partial charge in [0.05, 0.1) is 40.4 Å². The Hall–Kier alpha value is -1.41. The van der Waals surface area contributed by atoms with Gasteiger partial charge in [-0.1, -0.05) is 0 Å². The summed E-state index contributed by atoms with van der Waals surface area (Å²) in [5.41, 5.74) is 0. The highest BCUT2D eigenvalue weighted by Gasteiger charge is 2.04. The summed E-state index contributed by atoms with van der Waals surface area (Å²) in [6, 6.07) is 0. The Morgan fingerprint density at radius 1 is 0.964 bits per heavy atom. The van der Waals surface area contributed by atoms with Crippen molar-refractivity contribution in [3.63, 3.8) is 0 Å². The van der Waals surface area contributed by atoms with Crippen LogP contribution in [0.3, 0.4) is 0 Å². The Morgan fingerprint density at radius 2 is 1.29 bits per heavy atom. The van der Waals surface area contributed by atoms with Crippen LogP contribution < -0.4 is 14.0 Å². The van der Waals surface area contributed by atoms with E-state index in [1.54, 1.807) is 13.8 Å². The van der Waals surface area contributed by atoms with E-state index in [4.69, 9.17) is 9.46 Å². The van der Waals surface area contributed by atoms with Crippen LogP contribution in [0.25, 0.3) is 0 Å². The summed E-state index contributed by atoms with van der Waals surface area (Å²) in [5.74, 6) is 0. The Labute approximate surface area is 168 Å². The number of nitrogens with zero attached hydrogens (tertiary/aromatic N) is 4. The van der Waals surface area contributed by atoms with Crippen molar-refractivity contribution in [3.05, 3.63) is 37.4 Å². The molecule has 10 nitrogen and oxygen atoms in total. The van der Waals surface area contributed by atoms with Crippen LogP contribution in [0.2, 0.25) is 0 Å². The molecule has 0 aliphatic heterocycles. The van der Waals surface area contributed by atoms with Crippen molar-refractivity contribution in [1.29, 1.82) is 0 Å². The Kier molecular flexibility index (Phi) is 18.2. The van der Waals surface area contributed by atoms with Gasteiger partial charge in [0.1, 0.15) is 24.8 Å². The first-order chi connectivity index (χ1) is 13.2. The van der Waals surface area contributed by atoms with Crippen LogP contribution in [-0.4, -0.2) is 27.2 Å². The molecular weight excluding hydrogens is 406 g/mol. The zero-order valence-electron chi connectivity index (χ0n) is 17.5. The molecule has 0 saturated heterocycles. The van der Waals surface area contributed by atoms with Crippen LogP contribution >= 0.6 is 16.5 Å². The quantitative estimate of drug-likeness (QED) is 0.537. The second kappa shape index (κ2) is 17.7. The Morgan fingerprint density at radius 3 is 1.43 bits per heavy atom. The summed E-state index contributed by atoms with van der Waals surface area (Å²) in [7, 11) is -0.736. The highest BCUT2D eigenvalue weighted by molar-refractivity contribution is 7.45. The van der Waals surface area contributed by atoms with E-state index in [1.165, 1.54) is 0 Å². The van der Waals surface area contributed by atoms with Gasteiger partial charge in [-0.25, -0.2) is 22.8 Å². The lowest BCUT2D eigenvalue weighted by Crippen LogP contribution is -2.23. The van der Waals surface area contributed by atoms with E-state index < -0.39 is 16.5 Å². The SMILES string of the molecule is CCOP(=O)([O-])OCC.CCn1cc[n+](C)c1.CCn1cc[n+](C)c1.O=PO. The number of imidazole rings is 2. The largest absolute Gasteiger partial charge is 0.756 e. The molecule has 12 heteroatoms. The Bertz CT molecular complexity index is 627. The van der Waals surface area contributed by atoms with Gasteiger partial charge in [-0.15, -0.1) is 0 Å². The third kappa shape index (κ3) is 16.7. The molecule has 2 aromatic rings. The fraction of sp³-hybridized carbons (Fsp3) is 0.625. The van der Waals surface area contributed by atoms with E-state index in [1.807, 2.05) is 35.6 Å². The first kappa shape index (κ1) is 28.8. The molecule has 0 atom stereocenters. The molecule has 2 heterocycles. The van der Waals surface area contributed by atoms with Crippen molar-refractivity contribution in [3.8, 4) is 0 Å². The van der Waals surface area contributed by atoms with Gasteiger partial charge in [-0.3, -0.25) is 4.57 Å². The van der Waals surface area contributed by atoms with Gasteiger partial charge in [0.15, 0.2) is 0 Å². The van der Waals surface area contributed by atoms with Gasteiger partial charge >= 0.3 is 8.69 Å². The number of rotatable bonds is 6. The number of aromatic nitrogens is 4. The standard InChI is InChI=1S/2C6H11N2.C4H11O4P.HO2P/c2*1-3-8-5-4-7(2)6-8;1-3-7-9(5,6)8-4-2;1-3-2/h2*4-6H,3H2,1-2H3;3-4H2,1-2H3,(H,5,6);(H,1,2)/q2*+1;;/p-1. The van der Waals surface area contributed by atoms with Crippen molar-refractivity contribution in [2.24, 2.45) is 14.1 Å². The molecule has 0 aliphatic carbocycles. The van der Waals surface area contributed by atoms with Crippen molar-refractivity contribution in [1.82, 2.24) is 9.13 Å². The van der Waals surface area contributed by atoms with Crippen LogP contribution in [-0.2, 0) is 45.4 Å². The summed E-state index contributed by atoms with van der Waals surface area (Å²) in [5, 5.41) is 0. The molecule has 0 aliphatic rings. The highest BCUT2D eigenvalue weighted by Crippen LogP contribution is 2.37. The molecular formula is C16H33N4O6P2+. The summed E-state index contributed by atoms with van der Waals surface area (Å²) >= 11 is 0. The van der Waals surface area contributed by atoms with E-state index in [9.17, 15) is 9.46 Å². The van der Waals surface area contributed by atoms with Gasteiger partial charge in [0.2, 0.25) is 12.7 Å². The molecule has 0 aromatic carbocycles. The molecule has 0 spiro atoms. The predicted octanol–water partition coefficient (Wildman–Crippen LogP) is 1.38. The minimum Gasteiger partial charge on any atom is -0.756 e. The zero-order chi connectivity index (χ0) is 22.0. The van der Waals surface area contributed by atoms with Crippen LogP contribution in [0.5, 0.6) is 0 Å². The van der Waals surface area contributed by atoms with E-state index in [0.717, 1.165) is 13.1 Å². The topological polar surface area (TPSA) is 114 Å². The predicted molar refractivity (Wildman–Crippen MR) is 103 cm³/mol. The number of phosphoric acid groups is 1. The van der Waals surface area contributed by atoms with Crippen LogP contribution in [0.1, 0.15) is 27.7 Å². The van der Waals surface area contributed by atoms with Crippen LogP contribution in [0, 0.1) is 0 Å². The monoisotopic (exact) mass is 439 g/mol. The smallest absolute Gasteiger partial charge is 0.324 e. The molecule has 2 rings (SSSR count). The maximum absolute atomic E-state index is 10.4. The normalized spacial score (nSPS) is 10.1. The molecule has 162 valence electrons. The summed E-state index contributed by atoms with van der Waals surface area (Å²) < 4.78 is 35.7. The minimum atomic E-state index is -3.94. The lowest BCUT2D eigenvalue weighted by molar-refractivity contribution is -0.671. The molecule has 0 saturated carbocycles. The molecule has 0 fully saturated rings. The van der Waals surface area contributed by atoms with Gasteiger partial charge in [0.25, 0.3) is 7.82 Å². The number of hydrogen-bond acceptors (Lipinski definition) is 5. The summed E-state index contributed by atoms with van der Waals surface area (Å²) in [6.07, 6.45) is 12.3. The average molecular weight is 439 g/mol. The summed E-state index contributed by atoms with van der Waals surface area (Å²) in [4.78, 5) is 17.4. The summed E-state index contributed by atoms with van der Waals surface area (Å²) in [6.45, 7) is 9.79. The number of aryl methyl sites for hydroxylation is 4. The molecule has 0 bridgehead atoms. The van der Waals surface area contributed by atoms with E-state index in [0.29, 0.717) is 0 Å². The molecule has 0 unspecified atom stereocenters. The fourth-order valence-electron chi connectivity index (χ4n) is 1.73. The molecule has 0 radical (unpaired) electrons. The molecule has 2 aromatic heterocycles. The van der Waals surface area contributed by atoms with Crippen molar-refractivity contribution >= 4 is 16.5 Å². The maximum atomic E-state index is 10.4. The minimum absolute atomic E-state index is 0.126. The fourth-order valence-corrected chi connectivity index (χ4v) is 2.44. The van der Waals surface area contributed by atoms with E-state index in [-0.39, 0.29) is 13.2 Å². The lowest BCUT2D eigenvalue weighted by atomic mass is 10.7. The van der Waals surface area contributed by atoms with Crippen molar-refractivity contribution in [2.45, 2.75) is 40.8 Å². The molecule has 28 heavy (non-hydrogen) atoms. The zero-order valence-corrected chi connectivity index (χ0v) is 19.3. The highest BCUT2D eigenvalue weighted by atomic mass is 31.2. The maximum Gasteiger partial charge on any atom is 0.324 e. The average Bonchev–Trinajstić information content (AvgIpc) is 3.24. The van der Waals surface area contributed by atoms with Crippen molar-refractivity contribution < 1.29 is 37.1 Å². The van der Waals surface area contributed by atoms with Gasteiger partial charge in [0, 0.05) is 0 Å². The second-order valence-electron chi connectivity index (χ2n) is 5.18. The van der Waals surface area contributed by atoms with Gasteiger partial charge in [-0.05, 0) is 27.7 Å². The molecule has 1 N–H and O–H groups in total. The Balaban J connectivity index is 0. The third-order valence-electron chi connectivity index (χ3n) is 2.95. The van der Waals surface area contributed by atoms with Crippen molar-refractivity contribution in [2.75, 3.05) is 13.2 Å². The van der Waals surface area contributed by atoms with E-state index >= 15 is 0 Å². The van der Waals surface area contributed by atoms with Crippen LogP contribution in [0.4, 0.5) is 0 Å². The second-order valence-corrected chi connectivity index (χ2v) is 6.76. The van der Waals surface area contributed by atoms with Gasteiger partial charge in [-0.2, -0.15) is 0 Å². The lowest BCUT2D eigenvalue weighted by Gasteiger charge is -2.20. The number of hydrogen-bond donors (Lipinski definition) is 1. The van der Waals surface area contributed by atoms with E-state index in [2.05, 4.69) is 57.1 Å². The van der Waals surface area contributed by atoms with Crippen LogP contribution in [0.15, 0.2) is 37.4 Å².